The van der Waals surface area contributed by atoms with Crippen LogP contribution in [0.15, 0.2) is 23.9 Å². The third-order valence-electron chi connectivity index (χ3n) is 2.77. The minimum atomic E-state index is 1.17. The van der Waals surface area contributed by atoms with Crippen LogP contribution in [-0.2, 0) is 0 Å². The Morgan fingerprint density at radius 2 is 1.85 bits per heavy atom. The summed E-state index contributed by atoms with van der Waals surface area (Å²) in [7, 11) is 0. The van der Waals surface area contributed by atoms with E-state index in [4.69, 9.17) is 0 Å². The van der Waals surface area contributed by atoms with Gasteiger partial charge in [-0.15, -0.1) is 0 Å². The largest absolute Gasteiger partial charge is 0.294 e. The molecule has 0 radical (unpaired) electrons. The lowest BCUT2D eigenvalue weighted by Crippen LogP contribution is -2.45. The molecule has 0 N–H and O–H groups in total. The summed E-state index contributed by atoms with van der Waals surface area (Å²) < 4.78 is 1.17. The Balaban J connectivity index is 2.65. The molecule has 74 valence electrons. The molecule has 1 aliphatic heterocycles. The molecular formula is C12H22N+. The number of quaternary nitrogens is 1. The molecule has 1 heterocycles. The van der Waals surface area contributed by atoms with Crippen molar-refractivity contribution < 1.29 is 4.48 Å². The number of nitrogens with zero attached hydrogens (tertiary/aromatic N) is 1. The minimum Gasteiger partial charge on any atom is -0.294 e. The van der Waals surface area contributed by atoms with E-state index in [9.17, 15) is 0 Å². The smallest absolute Gasteiger partial charge is 0.102 e. The van der Waals surface area contributed by atoms with Crippen molar-refractivity contribution in [2.45, 2.75) is 33.6 Å². The van der Waals surface area contributed by atoms with Crippen LogP contribution in [0.2, 0.25) is 0 Å². The van der Waals surface area contributed by atoms with E-state index in [1.165, 1.54) is 42.5 Å². The second-order valence-electron chi connectivity index (χ2n) is 4.11. The normalized spacial score (nSPS) is 20.1. The molecule has 1 nitrogen and oxygen atoms in total. The van der Waals surface area contributed by atoms with E-state index < -0.39 is 0 Å². The van der Waals surface area contributed by atoms with Crippen molar-refractivity contribution in [3.63, 3.8) is 0 Å². The molecule has 0 bridgehead atoms. The van der Waals surface area contributed by atoms with Gasteiger partial charge in [0, 0.05) is 0 Å². The molecule has 0 aromatic carbocycles. The Morgan fingerprint density at radius 1 is 1.23 bits per heavy atom. The molecule has 0 atom stereocenters. The predicted molar refractivity (Wildman–Crippen MR) is 58.3 cm³/mol. The molecule has 1 aliphatic rings. The van der Waals surface area contributed by atoms with Gasteiger partial charge in [-0.05, 0) is 37.5 Å². The fourth-order valence-corrected chi connectivity index (χ4v) is 2.06. The van der Waals surface area contributed by atoms with Crippen molar-refractivity contribution in [2.24, 2.45) is 0 Å². The Labute approximate surface area is 82.3 Å². The lowest BCUT2D eigenvalue weighted by atomic mass is 10.1. The summed E-state index contributed by atoms with van der Waals surface area (Å²) in [4.78, 5) is 0. The SMILES string of the molecule is CCC[N+]1(CCC)C=CC(C)=CC1. The summed E-state index contributed by atoms with van der Waals surface area (Å²) >= 11 is 0. The summed E-state index contributed by atoms with van der Waals surface area (Å²) in [5.41, 5.74) is 1.42. The fourth-order valence-electron chi connectivity index (χ4n) is 2.06. The quantitative estimate of drug-likeness (QED) is 0.583. The molecular weight excluding hydrogens is 158 g/mol. The van der Waals surface area contributed by atoms with Crippen LogP contribution in [0.1, 0.15) is 33.6 Å². The van der Waals surface area contributed by atoms with Crippen molar-refractivity contribution in [2.75, 3.05) is 19.6 Å². The van der Waals surface area contributed by atoms with Crippen LogP contribution in [0.3, 0.4) is 0 Å². The molecule has 13 heavy (non-hydrogen) atoms. The van der Waals surface area contributed by atoms with Gasteiger partial charge in [0.2, 0.25) is 0 Å². The molecule has 0 fully saturated rings. The van der Waals surface area contributed by atoms with Gasteiger partial charge in [-0.1, -0.05) is 13.8 Å². The van der Waals surface area contributed by atoms with Crippen LogP contribution < -0.4 is 0 Å². The van der Waals surface area contributed by atoms with Gasteiger partial charge in [-0.25, -0.2) is 0 Å². The highest BCUT2D eigenvalue weighted by Crippen LogP contribution is 2.17. The fraction of sp³-hybridized carbons (Fsp3) is 0.667. The maximum Gasteiger partial charge on any atom is 0.102 e. The molecule has 1 heteroatoms. The van der Waals surface area contributed by atoms with Crippen molar-refractivity contribution in [3.8, 4) is 0 Å². The first-order valence-electron chi connectivity index (χ1n) is 5.44. The molecule has 0 amide bonds. The van der Waals surface area contributed by atoms with Crippen LogP contribution >= 0.6 is 0 Å². The third-order valence-corrected chi connectivity index (χ3v) is 2.77. The van der Waals surface area contributed by atoms with Crippen LogP contribution in [-0.4, -0.2) is 24.1 Å². The van der Waals surface area contributed by atoms with E-state index in [1.54, 1.807) is 0 Å². The number of hydrogen-bond acceptors (Lipinski definition) is 0. The number of rotatable bonds is 4. The average Bonchev–Trinajstić information content (AvgIpc) is 2.11. The average molecular weight is 180 g/mol. The Hall–Kier alpha value is -0.560. The molecule has 0 saturated carbocycles. The maximum absolute atomic E-state index is 2.39. The molecule has 0 aromatic heterocycles. The highest BCUT2D eigenvalue weighted by Gasteiger charge is 2.23. The van der Waals surface area contributed by atoms with Crippen molar-refractivity contribution in [3.05, 3.63) is 23.9 Å². The van der Waals surface area contributed by atoms with E-state index in [2.05, 4.69) is 39.1 Å². The Kier molecular flexibility index (Phi) is 3.73. The maximum atomic E-state index is 2.39. The molecule has 0 spiro atoms. The first kappa shape index (κ1) is 10.5. The van der Waals surface area contributed by atoms with Gasteiger partial charge in [0.1, 0.15) is 6.54 Å². The van der Waals surface area contributed by atoms with Gasteiger partial charge in [-0.3, -0.25) is 4.48 Å². The van der Waals surface area contributed by atoms with Crippen molar-refractivity contribution in [1.29, 1.82) is 0 Å². The van der Waals surface area contributed by atoms with Gasteiger partial charge in [0.15, 0.2) is 0 Å². The van der Waals surface area contributed by atoms with E-state index in [1.807, 2.05) is 0 Å². The van der Waals surface area contributed by atoms with Gasteiger partial charge < -0.3 is 0 Å². The van der Waals surface area contributed by atoms with E-state index >= 15 is 0 Å². The van der Waals surface area contributed by atoms with E-state index in [0.717, 1.165) is 0 Å². The topological polar surface area (TPSA) is 0 Å². The molecule has 0 aromatic rings. The standard InChI is InChI=1S/C12H22N/c1-4-8-13(9-5-2)10-6-12(3)7-11-13/h6-7,10H,4-5,8-9,11H2,1-3H3/q+1. The Morgan fingerprint density at radius 3 is 2.23 bits per heavy atom. The third kappa shape index (κ3) is 2.70. The van der Waals surface area contributed by atoms with E-state index in [-0.39, 0.29) is 0 Å². The highest BCUT2D eigenvalue weighted by molar-refractivity contribution is 5.16. The summed E-state index contributed by atoms with van der Waals surface area (Å²) in [6, 6.07) is 0. The summed E-state index contributed by atoms with van der Waals surface area (Å²) in [5, 5.41) is 0. The first-order chi connectivity index (χ1) is 6.22. The van der Waals surface area contributed by atoms with Crippen LogP contribution in [0.4, 0.5) is 0 Å². The van der Waals surface area contributed by atoms with Crippen LogP contribution in [0.25, 0.3) is 0 Å². The van der Waals surface area contributed by atoms with Gasteiger partial charge >= 0.3 is 0 Å². The van der Waals surface area contributed by atoms with Crippen molar-refractivity contribution >= 4 is 0 Å². The second-order valence-corrected chi connectivity index (χ2v) is 4.11. The highest BCUT2D eigenvalue weighted by atomic mass is 15.3. The van der Waals surface area contributed by atoms with Gasteiger partial charge in [-0.2, -0.15) is 0 Å². The summed E-state index contributed by atoms with van der Waals surface area (Å²) in [5.74, 6) is 0. The predicted octanol–water partition coefficient (Wildman–Crippen LogP) is 3.10. The van der Waals surface area contributed by atoms with Crippen LogP contribution in [0, 0.1) is 0 Å². The lowest BCUT2D eigenvalue weighted by molar-refractivity contribution is -0.874. The molecule has 0 aliphatic carbocycles. The molecule has 0 saturated heterocycles. The summed E-state index contributed by atoms with van der Waals surface area (Å²) in [6.45, 7) is 10.5. The van der Waals surface area contributed by atoms with Gasteiger partial charge in [0.25, 0.3) is 0 Å². The Bertz CT molecular complexity index is 207. The van der Waals surface area contributed by atoms with E-state index in [0.29, 0.717) is 0 Å². The van der Waals surface area contributed by atoms with Gasteiger partial charge in [0.05, 0.1) is 19.3 Å². The molecule has 1 rings (SSSR count). The zero-order chi connectivity index (χ0) is 9.73. The van der Waals surface area contributed by atoms with Crippen molar-refractivity contribution in [1.82, 2.24) is 0 Å². The zero-order valence-corrected chi connectivity index (χ0v) is 9.21. The van der Waals surface area contributed by atoms with Crippen LogP contribution in [0.5, 0.6) is 0 Å². The summed E-state index contributed by atoms with van der Waals surface area (Å²) in [6.07, 6.45) is 9.58. The molecule has 0 unspecified atom stereocenters. The zero-order valence-electron chi connectivity index (χ0n) is 9.21. The monoisotopic (exact) mass is 180 g/mol. The number of allylic oxidation sites excluding steroid dienone is 2. The number of hydrogen-bond donors (Lipinski definition) is 0. The minimum absolute atomic E-state index is 1.17. The second kappa shape index (κ2) is 4.61. The first-order valence-corrected chi connectivity index (χ1v) is 5.44. The lowest BCUT2D eigenvalue weighted by Gasteiger charge is -2.35.